The van der Waals surface area contributed by atoms with Crippen LogP contribution in [0.15, 0.2) is 24.3 Å². The highest BCUT2D eigenvalue weighted by atomic mass is 16.5. The fourth-order valence-electron chi connectivity index (χ4n) is 3.23. The number of nitrogens with one attached hydrogen (secondary N) is 1. The van der Waals surface area contributed by atoms with E-state index in [0.29, 0.717) is 12.6 Å². The Balaban J connectivity index is 1.83. The van der Waals surface area contributed by atoms with Gasteiger partial charge in [-0.1, -0.05) is 31.2 Å². The molecule has 1 aliphatic rings. The highest BCUT2D eigenvalue weighted by molar-refractivity contribution is 5.22. The first kappa shape index (κ1) is 16.5. The Morgan fingerprint density at radius 2 is 2.19 bits per heavy atom. The molecule has 3 heteroatoms. The maximum atomic E-state index is 5.20. The number of rotatable bonds is 7. The van der Waals surface area contributed by atoms with Crippen LogP contribution in [-0.2, 0) is 17.9 Å². The molecule has 1 aromatic rings. The molecule has 0 amide bonds. The van der Waals surface area contributed by atoms with E-state index in [4.69, 9.17) is 4.74 Å². The van der Waals surface area contributed by atoms with Crippen molar-refractivity contribution in [1.82, 2.24) is 10.2 Å². The summed E-state index contributed by atoms with van der Waals surface area (Å²) in [6.07, 6.45) is 2.70. The van der Waals surface area contributed by atoms with E-state index >= 15 is 0 Å². The Hall–Kier alpha value is -0.900. The van der Waals surface area contributed by atoms with E-state index in [0.717, 1.165) is 12.5 Å². The third-order valence-corrected chi connectivity index (χ3v) is 4.63. The molecule has 0 bridgehead atoms. The third kappa shape index (κ3) is 5.10. The van der Waals surface area contributed by atoms with Gasteiger partial charge < -0.3 is 15.0 Å². The van der Waals surface area contributed by atoms with Gasteiger partial charge in [0.05, 0.1) is 6.61 Å². The lowest BCUT2D eigenvalue weighted by atomic mass is 9.91. The van der Waals surface area contributed by atoms with Crippen molar-refractivity contribution in [2.24, 2.45) is 5.92 Å². The van der Waals surface area contributed by atoms with Crippen LogP contribution in [0, 0.1) is 5.92 Å². The van der Waals surface area contributed by atoms with E-state index in [1.54, 1.807) is 7.11 Å². The van der Waals surface area contributed by atoms with Crippen LogP contribution in [0.3, 0.4) is 0 Å². The SMILES string of the molecule is CCN1CCCC(C(C)NCc2cccc(COC)c2)C1. The second-order valence-electron chi connectivity index (χ2n) is 6.22. The Bertz CT molecular complexity index is 421. The summed E-state index contributed by atoms with van der Waals surface area (Å²) in [5.74, 6) is 0.779. The van der Waals surface area contributed by atoms with Gasteiger partial charge in [-0.05, 0) is 49.9 Å². The van der Waals surface area contributed by atoms with Gasteiger partial charge in [0, 0.05) is 26.2 Å². The Morgan fingerprint density at radius 3 is 2.95 bits per heavy atom. The van der Waals surface area contributed by atoms with Gasteiger partial charge >= 0.3 is 0 Å². The molecule has 2 unspecified atom stereocenters. The molecule has 0 spiro atoms. The first-order valence-corrected chi connectivity index (χ1v) is 8.25. The van der Waals surface area contributed by atoms with Crippen molar-refractivity contribution < 1.29 is 4.74 Å². The maximum Gasteiger partial charge on any atom is 0.0713 e. The minimum atomic E-state index is 0.574. The zero-order valence-electron chi connectivity index (χ0n) is 13.8. The molecular formula is C18H30N2O. The topological polar surface area (TPSA) is 24.5 Å². The molecule has 21 heavy (non-hydrogen) atoms. The zero-order chi connectivity index (χ0) is 15.1. The quantitative estimate of drug-likeness (QED) is 0.835. The van der Waals surface area contributed by atoms with E-state index in [-0.39, 0.29) is 0 Å². The molecule has 2 rings (SSSR count). The Kier molecular flexibility index (Phi) is 6.68. The zero-order valence-corrected chi connectivity index (χ0v) is 13.8. The summed E-state index contributed by atoms with van der Waals surface area (Å²) in [4.78, 5) is 2.57. The molecule has 0 saturated carbocycles. The first-order valence-electron chi connectivity index (χ1n) is 8.25. The number of nitrogens with zero attached hydrogens (tertiary/aromatic N) is 1. The van der Waals surface area contributed by atoms with E-state index in [2.05, 4.69) is 48.3 Å². The van der Waals surface area contributed by atoms with Crippen molar-refractivity contribution >= 4 is 0 Å². The summed E-state index contributed by atoms with van der Waals surface area (Å²) in [6, 6.07) is 9.25. The first-order chi connectivity index (χ1) is 10.2. The highest BCUT2D eigenvalue weighted by Gasteiger charge is 2.23. The lowest BCUT2D eigenvalue weighted by Gasteiger charge is -2.35. The van der Waals surface area contributed by atoms with Crippen LogP contribution in [0.1, 0.15) is 37.8 Å². The predicted octanol–water partition coefficient (Wildman–Crippen LogP) is 3.04. The molecular weight excluding hydrogens is 260 g/mol. The number of methoxy groups -OCH3 is 1. The fraction of sp³-hybridized carbons (Fsp3) is 0.667. The molecule has 0 radical (unpaired) electrons. The molecule has 1 fully saturated rings. The molecule has 1 saturated heterocycles. The summed E-state index contributed by atoms with van der Waals surface area (Å²) in [6.45, 7) is 9.94. The van der Waals surface area contributed by atoms with Gasteiger partial charge in [-0.3, -0.25) is 0 Å². The summed E-state index contributed by atoms with van der Waals surface area (Å²) >= 11 is 0. The summed E-state index contributed by atoms with van der Waals surface area (Å²) in [7, 11) is 1.75. The minimum Gasteiger partial charge on any atom is -0.380 e. The van der Waals surface area contributed by atoms with E-state index < -0.39 is 0 Å². The highest BCUT2D eigenvalue weighted by Crippen LogP contribution is 2.19. The van der Waals surface area contributed by atoms with Crippen LogP contribution in [0.4, 0.5) is 0 Å². The average Bonchev–Trinajstić information content (AvgIpc) is 2.53. The number of ether oxygens (including phenoxy) is 1. The fourth-order valence-corrected chi connectivity index (χ4v) is 3.23. The number of piperidine rings is 1. The summed E-state index contributed by atoms with van der Waals surface area (Å²) in [5.41, 5.74) is 2.60. The number of benzene rings is 1. The van der Waals surface area contributed by atoms with Gasteiger partial charge in [-0.15, -0.1) is 0 Å². The van der Waals surface area contributed by atoms with Crippen LogP contribution >= 0.6 is 0 Å². The van der Waals surface area contributed by atoms with Crippen molar-refractivity contribution in [1.29, 1.82) is 0 Å². The molecule has 1 aliphatic heterocycles. The standard InChI is InChI=1S/C18H30N2O/c1-4-20-10-6-9-18(13-20)15(2)19-12-16-7-5-8-17(11-16)14-21-3/h5,7-8,11,15,18-19H,4,6,9-10,12-14H2,1-3H3. The number of likely N-dealkylation sites (tertiary alicyclic amines) is 1. The van der Waals surface area contributed by atoms with Crippen molar-refractivity contribution in [3.05, 3.63) is 35.4 Å². The van der Waals surface area contributed by atoms with Crippen molar-refractivity contribution in [3.8, 4) is 0 Å². The van der Waals surface area contributed by atoms with E-state index in [1.165, 1.54) is 43.6 Å². The van der Waals surface area contributed by atoms with E-state index in [9.17, 15) is 0 Å². The predicted molar refractivity (Wildman–Crippen MR) is 88.3 cm³/mol. The molecule has 1 heterocycles. The van der Waals surface area contributed by atoms with Gasteiger partial charge in [0.1, 0.15) is 0 Å². The molecule has 118 valence electrons. The van der Waals surface area contributed by atoms with Crippen molar-refractivity contribution in [3.63, 3.8) is 0 Å². The van der Waals surface area contributed by atoms with Crippen LogP contribution in [0.25, 0.3) is 0 Å². The Morgan fingerprint density at radius 1 is 1.38 bits per heavy atom. The number of hydrogen-bond donors (Lipinski definition) is 1. The normalized spacial score (nSPS) is 21.4. The minimum absolute atomic E-state index is 0.574. The number of hydrogen-bond acceptors (Lipinski definition) is 3. The van der Waals surface area contributed by atoms with Crippen molar-refractivity contribution in [2.45, 2.75) is 45.9 Å². The summed E-state index contributed by atoms with van der Waals surface area (Å²) < 4.78 is 5.20. The largest absolute Gasteiger partial charge is 0.380 e. The lowest BCUT2D eigenvalue weighted by molar-refractivity contribution is 0.157. The van der Waals surface area contributed by atoms with Crippen LogP contribution in [-0.4, -0.2) is 37.7 Å². The smallest absolute Gasteiger partial charge is 0.0713 e. The van der Waals surface area contributed by atoms with Gasteiger partial charge in [0.2, 0.25) is 0 Å². The molecule has 1 N–H and O–H groups in total. The molecule has 2 atom stereocenters. The lowest BCUT2D eigenvalue weighted by Crippen LogP contribution is -2.44. The third-order valence-electron chi connectivity index (χ3n) is 4.63. The monoisotopic (exact) mass is 290 g/mol. The summed E-state index contributed by atoms with van der Waals surface area (Å²) in [5, 5.41) is 3.72. The molecule has 1 aromatic carbocycles. The maximum absolute atomic E-state index is 5.20. The van der Waals surface area contributed by atoms with Gasteiger partial charge in [-0.2, -0.15) is 0 Å². The Labute approximate surface area is 129 Å². The van der Waals surface area contributed by atoms with Gasteiger partial charge in [-0.25, -0.2) is 0 Å². The van der Waals surface area contributed by atoms with E-state index in [1.807, 2.05) is 0 Å². The van der Waals surface area contributed by atoms with Crippen LogP contribution < -0.4 is 5.32 Å². The molecule has 3 nitrogen and oxygen atoms in total. The average molecular weight is 290 g/mol. The van der Waals surface area contributed by atoms with Crippen LogP contribution in [0.2, 0.25) is 0 Å². The van der Waals surface area contributed by atoms with Gasteiger partial charge in [0.25, 0.3) is 0 Å². The second-order valence-corrected chi connectivity index (χ2v) is 6.22. The van der Waals surface area contributed by atoms with Gasteiger partial charge in [0.15, 0.2) is 0 Å². The molecule has 0 aromatic heterocycles. The second kappa shape index (κ2) is 8.52. The van der Waals surface area contributed by atoms with Crippen molar-refractivity contribution in [2.75, 3.05) is 26.7 Å². The van der Waals surface area contributed by atoms with Crippen LogP contribution in [0.5, 0.6) is 0 Å². The molecule has 0 aliphatic carbocycles.